The summed E-state index contributed by atoms with van der Waals surface area (Å²) in [6.07, 6.45) is 0. The van der Waals surface area contributed by atoms with Crippen LogP contribution in [0.25, 0.3) is 0 Å². The molecular formula is C29H35N3O4S. The van der Waals surface area contributed by atoms with Gasteiger partial charge in [-0.1, -0.05) is 54.6 Å². The Morgan fingerprint density at radius 1 is 0.892 bits per heavy atom. The summed E-state index contributed by atoms with van der Waals surface area (Å²) in [7, 11) is -4.07. The number of anilines is 1. The molecule has 0 unspecified atom stereocenters. The summed E-state index contributed by atoms with van der Waals surface area (Å²) in [4.78, 5) is 28.2. The van der Waals surface area contributed by atoms with Gasteiger partial charge in [0.1, 0.15) is 12.6 Å². The zero-order chi connectivity index (χ0) is 27.2. The molecule has 8 heteroatoms. The van der Waals surface area contributed by atoms with Crippen LogP contribution in [-0.2, 0) is 26.2 Å². The van der Waals surface area contributed by atoms with Gasteiger partial charge in [0.2, 0.25) is 11.8 Å². The number of aryl methyl sites for hydroxylation is 3. The Kier molecular flexibility index (Phi) is 9.10. The fourth-order valence-corrected chi connectivity index (χ4v) is 5.59. The van der Waals surface area contributed by atoms with E-state index >= 15 is 0 Å². The van der Waals surface area contributed by atoms with E-state index in [-0.39, 0.29) is 17.3 Å². The second-order valence-corrected chi connectivity index (χ2v) is 11.0. The fourth-order valence-electron chi connectivity index (χ4n) is 4.10. The molecular weight excluding hydrogens is 486 g/mol. The Morgan fingerprint density at radius 3 is 2.19 bits per heavy atom. The molecule has 0 spiro atoms. The highest BCUT2D eigenvalue weighted by Crippen LogP contribution is 2.28. The van der Waals surface area contributed by atoms with Gasteiger partial charge in [-0.3, -0.25) is 13.9 Å². The highest BCUT2D eigenvalue weighted by molar-refractivity contribution is 7.92. The van der Waals surface area contributed by atoms with Gasteiger partial charge in [-0.2, -0.15) is 0 Å². The molecule has 3 rings (SSSR count). The first-order valence-corrected chi connectivity index (χ1v) is 13.8. The molecule has 0 aliphatic rings. The van der Waals surface area contributed by atoms with Crippen LogP contribution in [0.2, 0.25) is 0 Å². The molecule has 0 radical (unpaired) electrons. The van der Waals surface area contributed by atoms with Crippen LogP contribution in [0.5, 0.6) is 0 Å². The summed E-state index contributed by atoms with van der Waals surface area (Å²) in [5.41, 5.74) is 3.88. The Balaban J connectivity index is 2.07. The fraction of sp³-hybridized carbons (Fsp3) is 0.310. The third-order valence-corrected chi connectivity index (χ3v) is 8.14. The lowest BCUT2D eigenvalue weighted by molar-refractivity contribution is -0.139. The first-order valence-electron chi connectivity index (χ1n) is 12.3. The number of hydrogen-bond acceptors (Lipinski definition) is 4. The van der Waals surface area contributed by atoms with E-state index in [1.54, 1.807) is 31.2 Å². The van der Waals surface area contributed by atoms with E-state index in [9.17, 15) is 18.0 Å². The minimum atomic E-state index is -4.07. The number of benzene rings is 3. The van der Waals surface area contributed by atoms with Gasteiger partial charge in [0.05, 0.1) is 10.6 Å². The SMILES string of the molecule is CCNC(=O)[C@@H](C)N(Cc1ccccc1C)C(=O)CN(c1cc(C)ccc1C)S(=O)(=O)c1ccccc1. The first-order chi connectivity index (χ1) is 17.6. The lowest BCUT2D eigenvalue weighted by atomic mass is 10.1. The van der Waals surface area contributed by atoms with Crippen molar-refractivity contribution in [3.63, 3.8) is 0 Å². The van der Waals surface area contributed by atoms with Crippen molar-refractivity contribution in [2.75, 3.05) is 17.4 Å². The average Bonchev–Trinajstić information content (AvgIpc) is 2.88. The van der Waals surface area contributed by atoms with Gasteiger partial charge in [-0.05, 0) is 75.1 Å². The molecule has 0 aliphatic heterocycles. The van der Waals surface area contributed by atoms with E-state index in [2.05, 4.69) is 5.32 Å². The van der Waals surface area contributed by atoms with E-state index in [1.165, 1.54) is 17.0 Å². The maximum atomic E-state index is 13.9. The van der Waals surface area contributed by atoms with Gasteiger partial charge in [-0.15, -0.1) is 0 Å². The molecule has 0 heterocycles. The first kappa shape index (κ1) is 27.9. The summed E-state index contributed by atoms with van der Waals surface area (Å²) in [5, 5.41) is 2.77. The van der Waals surface area contributed by atoms with E-state index < -0.39 is 28.5 Å². The Morgan fingerprint density at radius 2 is 1.54 bits per heavy atom. The minimum Gasteiger partial charge on any atom is -0.355 e. The van der Waals surface area contributed by atoms with Crippen molar-refractivity contribution in [3.8, 4) is 0 Å². The van der Waals surface area contributed by atoms with Gasteiger partial charge >= 0.3 is 0 Å². The van der Waals surface area contributed by atoms with E-state index in [1.807, 2.05) is 64.1 Å². The highest BCUT2D eigenvalue weighted by atomic mass is 32.2. The summed E-state index contributed by atoms with van der Waals surface area (Å²) >= 11 is 0. The maximum Gasteiger partial charge on any atom is 0.264 e. The molecule has 3 aromatic carbocycles. The normalized spacial score (nSPS) is 12.0. The Hall–Kier alpha value is -3.65. The maximum absolute atomic E-state index is 13.9. The van der Waals surface area contributed by atoms with Crippen LogP contribution in [0.4, 0.5) is 5.69 Å². The van der Waals surface area contributed by atoms with Gasteiger partial charge in [0.15, 0.2) is 0 Å². The molecule has 0 aromatic heterocycles. The molecule has 0 bridgehead atoms. The molecule has 37 heavy (non-hydrogen) atoms. The zero-order valence-corrected chi connectivity index (χ0v) is 22.9. The number of carbonyl (C=O) groups is 2. The lowest BCUT2D eigenvalue weighted by Crippen LogP contribution is -2.51. The summed E-state index contributed by atoms with van der Waals surface area (Å²) in [6, 6.07) is 20.4. The van der Waals surface area contributed by atoms with Gasteiger partial charge in [0.25, 0.3) is 10.0 Å². The van der Waals surface area contributed by atoms with E-state index in [0.717, 1.165) is 26.6 Å². The second kappa shape index (κ2) is 12.1. The number of likely N-dealkylation sites (N-methyl/N-ethyl adjacent to an activating group) is 1. The molecule has 2 amide bonds. The number of sulfonamides is 1. The van der Waals surface area contributed by atoms with Gasteiger partial charge < -0.3 is 10.2 Å². The van der Waals surface area contributed by atoms with E-state index in [4.69, 9.17) is 0 Å². The molecule has 1 N–H and O–H groups in total. The zero-order valence-electron chi connectivity index (χ0n) is 22.1. The number of hydrogen-bond donors (Lipinski definition) is 1. The van der Waals surface area contributed by atoms with Crippen molar-refractivity contribution in [1.29, 1.82) is 0 Å². The third kappa shape index (κ3) is 6.57. The number of nitrogens with zero attached hydrogens (tertiary/aromatic N) is 2. The summed E-state index contributed by atoms with van der Waals surface area (Å²) in [6.45, 7) is 9.26. The predicted molar refractivity (Wildman–Crippen MR) is 147 cm³/mol. The molecule has 0 fully saturated rings. The topological polar surface area (TPSA) is 86.8 Å². The van der Waals surface area contributed by atoms with Crippen molar-refractivity contribution in [1.82, 2.24) is 10.2 Å². The summed E-state index contributed by atoms with van der Waals surface area (Å²) < 4.78 is 28.9. The molecule has 1 atom stereocenters. The molecule has 0 saturated carbocycles. The monoisotopic (exact) mass is 521 g/mol. The minimum absolute atomic E-state index is 0.0888. The van der Waals surface area contributed by atoms with Gasteiger partial charge in [0, 0.05) is 13.1 Å². The Bertz CT molecular complexity index is 1360. The molecule has 7 nitrogen and oxygen atoms in total. The van der Waals surface area contributed by atoms with Crippen molar-refractivity contribution < 1.29 is 18.0 Å². The Labute approximate surface area is 220 Å². The van der Waals surface area contributed by atoms with Gasteiger partial charge in [-0.25, -0.2) is 8.42 Å². The average molecular weight is 522 g/mol. The highest BCUT2D eigenvalue weighted by Gasteiger charge is 2.33. The van der Waals surface area contributed by atoms with Crippen molar-refractivity contribution in [2.24, 2.45) is 0 Å². The molecule has 0 aliphatic carbocycles. The van der Waals surface area contributed by atoms with Crippen molar-refractivity contribution in [2.45, 2.75) is 52.1 Å². The number of nitrogens with one attached hydrogen (secondary N) is 1. The van der Waals surface area contributed by atoms with Crippen LogP contribution in [0.3, 0.4) is 0 Å². The number of carbonyl (C=O) groups excluding carboxylic acids is 2. The van der Waals surface area contributed by atoms with Crippen LogP contribution in [0.1, 0.15) is 36.1 Å². The smallest absolute Gasteiger partial charge is 0.264 e. The standard InChI is InChI=1S/C29H35N3O4S/c1-6-30-29(34)24(5)31(19-25-13-11-10-12-22(25)3)28(33)20-32(27-18-21(2)16-17-23(27)4)37(35,36)26-14-8-7-9-15-26/h7-18,24H,6,19-20H2,1-5H3,(H,30,34)/t24-/m1/s1. The van der Waals surface area contributed by atoms with Crippen molar-refractivity contribution >= 4 is 27.5 Å². The van der Waals surface area contributed by atoms with Crippen molar-refractivity contribution in [3.05, 3.63) is 95.1 Å². The largest absolute Gasteiger partial charge is 0.355 e. The summed E-state index contributed by atoms with van der Waals surface area (Å²) in [5.74, 6) is -0.768. The van der Waals surface area contributed by atoms with Crippen LogP contribution in [0.15, 0.2) is 77.7 Å². The number of rotatable bonds is 10. The molecule has 0 saturated heterocycles. The second-order valence-electron chi connectivity index (χ2n) is 9.13. The predicted octanol–water partition coefficient (Wildman–Crippen LogP) is 4.36. The number of amides is 2. The molecule has 3 aromatic rings. The van der Waals surface area contributed by atoms with Crippen LogP contribution < -0.4 is 9.62 Å². The quantitative estimate of drug-likeness (QED) is 0.430. The van der Waals surface area contributed by atoms with Crippen LogP contribution in [-0.4, -0.2) is 44.3 Å². The third-order valence-electron chi connectivity index (χ3n) is 6.36. The lowest BCUT2D eigenvalue weighted by Gasteiger charge is -2.32. The van der Waals surface area contributed by atoms with Crippen LogP contribution >= 0.6 is 0 Å². The molecule has 196 valence electrons. The van der Waals surface area contributed by atoms with Crippen LogP contribution in [0, 0.1) is 20.8 Å². The van der Waals surface area contributed by atoms with E-state index in [0.29, 0.717) is 12.2 Å².